The molecule has 1 amide bonds. The number of rotatable bonds is 9. The molecule has 3 aromatic rings. The van der Waals surface area contributed by atoms with E-state index in [1.54, 1.807) is 35.1 Å². The first-order valence-corrected chi connectivity index (χ1v) is 12.0. The maximum Gasteiger partial charge on any atom is 2.00 e. The van der Waals surface area contributed by atoms with Gasteiger partial charge >= 0.3 is 23.0 Å². The van der Waals surface area contributed by atoms with Crippen molar-refractivity contribution in [1.82, 2.24) is 20.3 Å². The number of amides is 1. The summed E-state index contributed by atoms with van der Waals surface area (Å²) in [4.78, 5) is 25.5. The number of benzene rings is 2. The summed E-state index contributed by atoms with van der Waals surface area (Å²) in [7, 11) is 0. The van der Waals surface area contributed by atoms with Crippen LogP contribution in [0, 0.1) is 63.7 Å². The summed E-state index contributed by atoms with van der Waals surface area (Å²) in [6, 6.07) is 17.4. The zero-order valence-electron chi connectivity index (χ0n) is 20.7. The molecule has 38 heavy (non-hydrogen) atoms. The van der Waals surface area contributed by atoms with Crippen molar-refractivity contribution in [2.45, 2.75) is 25.6 Å². The molecule has 1 aromatic heterocycles. The molecule has 2 aromatic carbocycles. The Labute approximate surface area is 236 Å². The van der Waals surface area contributed by atoms with Crippen LogP contribution in [-0.2, 0) is 46.2 Å². The van der Waals surface area contributed by atoms with E-state index in [0.717, 1.165) is 11.5 Å². The average Bonchev–Trinajstić information content (AvgIpc) is 3.74. The topological polar surface area (TPSA) is 86.1 Å². The van der Waals surface area contributed by atoms with Gasteiger partial charge in [0, 0.05) is 24.4 Å². The van der Waals surface area contributed by atoms with Gasteiger partial charge in [-0.25, -0.2) is 4.79 Å². The van der Waals surface area contributed by atoms with Crippen LogP contribution >= 0.6 is 0 Å². The number of carbonyl (C=O) groups is 2. The van der Waals surface area contributed by atoms with Crippen molar-refractivity contribution in [2.24, 2.45) is 0 Å². The summed E-state index contributed by atoms with van der Waals surface area (Å²) in [5.74, 6) is 0.262. The van der Waals surface area contributed by atoms with Crippen molar-refractivity contribution in [2.75, 3.05) is 0 Å². The number of nitrogens with zero attached hydrogens (tertiary/aromatic N) is 3. The Morgan fingerprint density at radius 3 is 2.08 bits per heavy atom. The van der Waals surface area contributed by atoms with Gasteiger partial charge in [-0.2, -0.15) is 0 Å². The van der Waals surface area contributed by atoms with Gasteiger partial charge in [-0.1, -0.05) is 53.7 Å². The van der Waals surface area contributed by atoms with Gasteiger partial charge in [0.15, 0.2) is 0 Å². The second kappa shape index (κ2) is 16.1. The number of esters is 1. The third-order valence-corrected chi connectivity index (χ3v) is 5.49. The van der Waals surface area contributed by atoms with Gasteiger partial charge in [0.1, 0.15) is 18.3 Å². The molecule has 0 unspecified atom stereocenters. The minimum atomic E-state index is -0.829. The first-order chi connectivity index (χ1) is 18.2. The Kier molecular flexibility index (Phi) is 12.5. The largest absolute Gasteiger partial charge is 2.00 e. The second-order valence-electron chi connectivity index (χ2n) is 8.35. The SMILES string of the molecule is O=C(N[C@@H](Cc1ccccc1)C(=O)OCc1cn(C[C]2[CH][CH][CH][CH]2)nn1)c1ccccc1.[CH]1[CH][CH][CH][CH]1.[Fe+2]. The van der Waals surface area contributed by atoms with Crippen molar-refractivity contribution >= 4 is 11.9 Å². The minimum Gasteiger partial charge on any atom is -0.457 e. The van der Waals surface area contributed by atoms with Crippen molar-refractivity contribution in [3.63, 3.8) is 0 Å². The second-order valence-corrected chi connectivity index (χ2v) is 8.35. The molecule has 5 rings (SSSR count). The van der Waals surface area contributed by atoms with Gasteiger partial charge in [-0.3, -0.25) is 9.48 Å². The van der Waals surface area contributed by atoms with E-state index >= 15 is 0 Å². The Morgan fingerprint density at radius 2 is 1.45 bits per heavy atom. The van der Waals surface area contributed by atoms with Gasteiger partial charge in [0.2, 0.25) is 0 Å². The number of hydrogen-bond donors (Lipinski definition) is 1. The third kappa shape index (κ3) is 9.73. The summed E-state index contributed by atoms with van der Waals surface area (Å²) in [5, 5.41) is 10.9. The maximum absolute atomic E-state index is 12.9. The summed E-state index contributed by atoms with van der Waals surface area (Å²) in [6.45, 7) is 0.573. The van der Waals surface area contributed by atoms with E-state index in [0.29, 0.717) is 24.2 Å². The van der Waals surface area contributed by atoms with Gasteiger partial charge in [0.05, 0.1) is 6.20 Å². The van der Waals surface area contributed by atoms with Crippen LogP contribution in [0.5, 0.6) is 0 Å². The fourth-order valence-electron chi connectivity index (χ4n) is 3.63. The number of ether oxygens (including phenoxy) is 1. The Hall–Kier alpha value is -2.96. The van der Waals surface area contributed by atoms with E-state index in [-0.39, 0.29) is 29.6 Å². The van der Waals surface area contributed by atoms with Crippen LogP contribution in [0.25, 0.3) is 0 Å². The molecular weight excluding hydrogens is 520 g/mol. The van der Waals surface area contributed by atoms with Crippen molar-refractivity contribution in [3.8, 4) is 0 Å². The number of nitrogens with one attached hydrogen (secondary N) is 1. The van der Waals surface area contributed by atoms with Gasteiger partial charge < -0.3 is 10.1 Å². The Balaban J connectivity index is 0.000000598. The summed E-state index contributed by atoms with van der Waals surface area (Å²) in [6.07, 6.45) is 20.0. The third-order valence-electron chi connectivity index (χ3n) is 5.49. The fourth-order valence-corrected chi connectivity index (χ4v) is 3.63. The van der Waals surface area contributed by atoms with Gasteiger partial charge in [-0.15, -0.1) is 5.10 Å². The molecule has 10 radical (unpaired) electrons. The smallest absolute Gasteiger partial charge is 0.457 e. The van der Waals surface area contributed by atoms with Gasteiger partial charge in [-0.05, 0) is 75.5 Å². The number of hydrogen-bond acceptors (Lipinski definition) is 5. The van der Waals surface area contributed by atoms with E-state index in [1.165, 1.54) is 0 Å². The minimum absolute atomic E-state index is 0. The van der Waals surface area contributed by atoms with Crippen LogP contribution in [0.2, 0.25) is 0 Å². The summed E-state index contributed by atoms with van der Waals surface area (Å²) in [5.41, 5.74) is 1.94. The van der Waals surface area contributed by atoms with E-state index < -0.39 is 12.0 Å². The predicted molar refractivity (Wildman–Crippen MR) is 140 cm³/mol. The average molecular weight is 548 g/mol. The van der Waals surface area contributed by atoms with Crippen LogP contribution < -0.4 is 5.32 Å². The molecule has 1 atom stereocenters. The van der Waals surface area contributed by atoms with E-state index in [9.17, 15) is 9.59 Å². The monoisotopic (exact) mass is 548 g/mol. The Bertz CT molecular complexity index is 1090. The normalized spacial score (nSPS) is 15.6. The van der Waals surface area contributed by atoms with Crippen LogP contribution in [0.15, 0.2) is 66.9 Å². The number of aromatic nitrogens is 3. The van der Waals surface area contributed by atoms with Crippen LogP contribution in [-0.4, -0.2) is 32.9 Å². The molecule has 0 saturated heterocycles. The van der Waals surface area contributed by atoms with Crippen LogP contribution in [0.1, 0.15) is 21.6 Å². The molecule has 192 valence electrons. The van der Waals surface area contributed by atoms with Crippen LogP contribution in [0.3, 0.4) is 0 Å². The van der Waals surface area contributed by atoms with Crippen molar-refractivity contribution in [3.05, 3.63) is 147 Å². The standard InChI is InChI=1S/C25H23N4O3.C5H5.Fe/c30-24(21-13-5-2-6-14-21)26-23(15-19-9-3-1-4-10-19)25(31)32-18-22-17-29(28-27-22)16-20-11-7-8-12-20;1-2-4-5-3-1;/h1-14,17,23H,15-16,18H2,(H,26,30);1-5H;/q;;+2/t23-;;/m0../s1. The van der Waals surface area contributed by atoms with E-state index in [4.69, 9.17) is 4.74 Å². The molecule has 1 N–H and O–H groups in total. The van der Waals surface area contributed by atoms with Gasteiger partial charge in [0.25, 0.3) is 5.91 Å². The molecule has 0 aliphatic heterocycles. The number of carbonyl (C=O) groups excluding carboxylic acids is 2. The molecule has 1 heterocycles. The predicted octanol–water partition coefficient (Wildman–Crippen LogP) is 3.79. The molecule has 2 aliphatic carbocycles. The van der Waals surface area contributed by atoms with Crippen molar-refractivity contribution < 1.29 is 31.4 Å². The molecule has 8 heteroatoms. The Morgan fingerprint density at radius 1 is 0.842 bits per heavy atom. The maximum atomic E-state index is 12.9. The molecule has 2 saturated carbocycles. The van der Waals surface area contributed by atoms with Crippen LogP contribution in [0.4, 0.5) is 0 Å². The molecule has 0 spiro atoms. The quantitative estimate of drug-likeness (QED) is 0.325. The molecular formula is C30H28FeN4O3+2. The summed E-state index contributed by atoms with van der Waals surface area (Å²) >= 11 is 0. The zero-order valence-corrected chi connectivity index (χ0v) is 21.8. The first-order valence-electron chi connectivity index (χ1n) is 12.0. The van der Waals surface area contributed by atoms with E-state index in [1.807, 2.05) is 94.2 Å². The molecule has 7 nitrogen and oxygen atoms in total. The van der Waals surface area contributed by atoms with Crippen molar-refractivity contribution in [1.29, 1.82) is 0 Å². The molecule has 2 aliphatic rings. The summed E-state index contributed by atoms with van der Waals surface area (Å²) < 4.78 is 7.17. The zero-order chi connectivity index (χ0) is 25.7. The molecule has 2 fully saturated rings. The fraction of sp³-hybridized carbons (Fsp3) is 0.133. The first kappa shape index (κ1) is 29.6. The van der Waals surface area contributed by atoms with E-state index in [2.05, 4.69) is 15.6 Å². The molecule has 0 bridgehead atoms.